The van der Waals surface area contributed by atoms with Crippen LogP contribution < -0.4 is 0 Å². The molecule has 7 heteroatoms. The van der Waals surface area contributed by atoms with E-state index in [1.165, 1.54) is 0 Å². The zero-order valence-corrected chi connectivity index (χ0v) is 15.3. The summed E-state index contributed by atoms with van der Waals surface area (Å²) < 4.78 is 23.7. The van der Waals surface area contributed by atoms with Gasteiger partial charge in [-0.1, -0.05) is 19.1 Å². The van der Waals surface area contributed by atoms with Crippen LogP contribution in [0, 0.1) is 0 Å². The molecule has 2 N–H and O–H groups in total. The van der Waals surface area contributed by atoms with Crippen LogP contribution in [-0.4, -0.2) is 55.4 Å². The summed E-state index contributed by atoms with van der Waals surface area (Å²) >= 11 is 0. The largest absolute Gasteiger partial charge is 0.341 e. The fraction of sp³-hybridized carbons (Fsp3) is 0.444. The van der Waals surface area contributed by atoms with Gasteiger partial charge in [-0.3, -0.25) is 18.9 Å². The van der Waals surface area contributed by atoms with Gasteiger partial charge >= 0.3 is 0 Å². The van der Waals surface area contributed by atoms with E-state index < -0.39 is 10.8 Å². The Hall–Kier alpha value is -1.67. The van der Waals surface area contributed by atoms with Gasteiger partial charge in [0.05, 0.1) is 4.90 Å². The van der Waals surface area contributed by atoms with E-state index in [0.29, 0.717) is 37.5 Å². The molecular formula is C18H25N3O3S. The Morgan fingerprint density at radius 1 is 1.20 bits per heavy atom. The molecule has 0 saturated carbocycles. The summed E-state index contributed by atoms with van der Waals surface area (Å²) in [6, 6.07) is 7.31. The minimum absolute atomic E-state index is 0.150. The summed E-state index contributed by atoms with van der Waals surface area (Å²) in [6.45, 7) is 4.21. The maximum Gasteiger partial charge on any atom is 0.222 e. The van der Waals surface area contributed by atoms with Crippen molar-refractivity contribution in [2.24, 2.45) is 0 Å². The third-order valence-electron chi connectivity index (χ3n) is 4.57. The highest BCUT2D eigenvalue weighted by atomic mass is 32.3. The SMILES string of the molecule is CCCC(=O)N1CCCN(S(O)(O)c2cccc3cnccc23)CC1. The quantitative estimate of drug-likeness (QED) is 0.868. The molecule has 136 valence electrons. The van der Waals surface area contributed by atoms with Crippen molar-refractivity contribution in [3.8, 4) is 0 Å². The highest BCUT2D eigenvalue weighted by Gasteiger charge is 2.29. The summed E-state index contributed by atoms with van der Waals surface area (Å²) in [5, 5.41) is 1.69. The number of fused-ring (bicyclic) bond motifs is 1. The van der Waals surface area contributed by atoms with Crippen LogP contribution in [0.1, 0.15) is 26.2 Å². The van der Waals surface area contributed by atoms with Crippen LogP contribution in [0.4, 0.5) is 0 Å². The summed E-state index contributed by atoms with van der Waals surface area (Å²) in [6.07, 6.45) is 5.50. The molecule has 3 rings (SSSR count). The van der Waals surface area contributed by atoms with Gasteiger partial charge < -0.3 is 4.90 Å². The molecule has 0 radical (unpaired) electrons. The zero-order chi connectivity index (χ0) is 17.9. The molecular weight excluding hydrogens is 338 g/mol. The van der Waals surface area contributed by atoms with Crippen LogP contribution in [0.25, 0.3) is 10.8 Å². The van der Waals surface area contributed by atoms with Crippen molar-refractivity contribution in [1.82, 2.24) is 14.2 Å². The third-order valence-corrected chi connectivity index (χ3v) is 6.60. The molecule has 6 nitrogen and oxygen atoms in total. The third kappa shape index (κ3) is 3.79. The Bertz CT molecular complexity index is 748. The number of benzene rings is 1. The van der Waals surface area contributed by atoms with Crippen LogP contribution in [0.2, 0.25) is 0 Å². The van der Waals surface area contributed by atoms with Crippen molar-refractivity contribution in [3.63, 3.8) is 0 Å². The summed E-state index contributed by atoms with van der Waals surface area (Å²) in [7, 11) is -3.11. The molecule has 0 spiro atoms. The van der Waals surface area contributed by atoms with Gasteiger partial charge in [0.25, 0.3) is 0 Å². The number of carbonyl (C=O) groups excluding carboxylic acids is 1. The first-order chi connectivity index (χ1) is 12.0. The van der Waals surface area contributed by atoms with Gasteiger partial charge in [0.2, 0.25) is 5.91 Å². The second-order valence-electron chi connectivity index (χ2n) is 6.29. The van der Waals surface area contributed by atoms with Gasteiger partial charge in [-0.25, -0.2) is 4.31 Å². The molecule has 2 heterocycles. The lowest BCUT2D eigenvalue weighted by atomic mass is 10.2. The average Bonchev–Trinajstić information content (AvgIpc) is 2.88. The van der Waals surface area contributed by atoms with E-state index in [1.807, 2.05) is 30.0 Å². The van der Waals surface area contributed by atoms with Crippen molar-refractivity contribution in [2.75, 3.05) is 26.2 Å². The number of amides is 1. The molecule has 0 bridgehead atoms. The maximum atomic E-state index is 12.1. The van der Waals surface area contributed by atoms with Crippen LogP contribution >= 0.6 is 10.8 Å². The Morgan fingerprint density at radius 2 is 2.04 bits per heavy atom. The van der Waals surface area contributed by atoms with E-state index in [2.05, 4.69) is 4.98 Å². The summed E-state index contributed by atoms with van der Waals surface area (Å²) in [5.74, 6) is 0.150. The first-order valence-electron chi connectivity index (χ1n) is 8.68. The topological polar surface area (TPSA) is 76.9 Å². The predicted octanol–water partition coefficient (Wildman–Crippen LogP) is 3.59. The monoisotopic (exact) mass is 363 g/mol. The number of rotatable bonds is 4. The number of carbonyl (C=O) groups is 1. The van der Waals surface area contributed by atoms with E-state index in [0.717, 1.165) is 23.6 Å². The van der Waals surface area contributed by atoms with Gasteiger partial charge in [0.1, 0.15) is 0 Å². The molecule has 0 atom stereocenters. The Balaban J connectivity index is 1.83. The Morgan fingerprint density at radius 3 is 2.84 bits per heavy atom. The Labute approximate surface area is 149 Å². The highest BCUT2D eigenvalue weighted by Crippen LogP contribution is 2.54. The molecule has 1 aliphatic heterocycles. The maximum absolute atomic E-state index is 12.1. The second-order valence-corrected chi connectivity index (χ2v) is 8.28. The van der Waals surface area contributed by atoms with Crippen molar-refractivity contribution >= 4 is 27.5 Å². The highest BCUT2D eigenvalue weighted by molar-refractivity contribution is 8.22. The normalized spacial score (nSPS) is 17.5. The molecule has 1 aromatic carbocycles. The van der Waals surface area contributed by atoms with Crippen LogP contribution in [-0.2, 0) is 4.79 Å². The summed E-state index contributed by atoms with van der Waals surface area (Å²) in [5.41, 5.74) is 0. The van der Waals surface area contributed by atoms with E-state index in [-0.39, 0.29) is 5.91 Å². The van der Waals surface area contributed by atoms with E-state index in [9.17, 15) is 13.9 Å². The fourth-order valence-corrected chi connectivity index (χ4v) is 4.98. The average molecular weight is 363 g/mol. The standard InChI is InChI=1S/C18H25N3O3S/c1-2-5-18(22)20-10-4-11-21(13-12-20)25(23,24)17-7-3-6-15-14-19-9-8-16(15)17/h3,6-9,14,23-24H,2,4-5,10-13H2,1H3. The van der Waals surface area contributed by atoms with Crippen molar-refractivity contribution in [1.29, 1.82) is 0 Å². The van der Waals surface area contributed by atoms with Gasteiger partial charge in [0, 0.05) is 55.8 Å². The van der Waals surface area contributed by atoms with Crippen molar-refractivity contribution < 1.29 is 13.9 Å². The van der Waals surface area contributed by atoms with E-state index in [4.69, 9.17) is 0 Å². The molecule has 1 aromatic heterocycles. The fourth-order valence-electron chi connectivity index (χ4n) is 3.24. The van der Waals surface area contributed by atoms with Crippen LogP contribution in [0.5, 0.6) is 0 Å². The van der Waals surface area contributed by atoms with E-state index >= 15 is 0 Å². The first-order valence-corrected chi connectivity index (χ1v) is 10.2. The van der Waals surface area contributed by atoms with E-state index in [1.54, 1.807) is 22.8 Å². The minimum Gasteiger partial charge on any atom is -0.341 e. The number of aromatic nitrogens is 1. The van der Waals surface area contributed by atoms with Crippen LogP contribution in [0.3, 0.4) is 0 Å². The van der Waals surface area contributed by atoms with Crippen molar-refractivity contribution in [3.05, 3.63) is 36.7 Å². The van der Waals surface area contributed by atoms with Gasteiger partial charge in [-0.15, -0.1) is 10.8 Å². The molecule has 2 aromatic rings. The van der Waals surface area contributed by atoms with Gasteiger partial charge in [0.15, 0.2) is 0 Å². The van der Waals surface area contributed by atoms with Gasteiger partial charge in [-0.05, 0) is 25.0 Å². The number of nitrogens with zero attached hydrogens (tertiary/aromatic N) is 3. The number of hydrogen-bond donors (Lipinski definition) is 2. The molecule has 1 aliphatic rings. The van der Waals surface area contributed by atoms with Crippen molar-refractivity contribution in [2.45, 2.75) is 31.1 Å². The van der Waals surface area contributed by atoms with Crippen LogP contribution in [0.15, 0.2) is 41.6 Å². The second kappa shape index (κ2) is 7.70. The minimum atomic E-state index is -3.11. The molecule has 1 saturated heterocycles. The molecule has 1 amide bonds. The lowest BCUT2D eigenvalue weighted by molar-refractivity contribution is -0.131. The molecule has 25 heavy (non-hydrogen) atoms. The number of hydrogen-bond acceptors (Lipinski definition) is 5. The molecule has 1 fully saturated rings. The number of pyridine rings is 1. The first kappa shape index (κ1) is 18.1. The Kier molecular flexibility index (Phi) is 5.58. The zero-order valence-electron chi connectivity index (χ0n) is 14.5. The smallest absolute Gasteiger partial charge is 0.222 e. The lowest BCUT2D eigenvalue weighted by Gasteiger charge is -2.43. The van der Waals surface area contributed by atoms with Gasteiger partial charge in [-0.2, -0.15) is 0 Å². The molecule has 0 aliphatic carbocycles. The molecule has 0 unspecified atom stereocenters. The predicted molar refractivity (Wildman–Crippen MR) is 101 cm³/mol. The summed E-state index contributed by atoms with van der Waals surface area (Å²) in [4.78, 5) is 18.6. The lowest BCUT2D eigenvalue weighted by Crippen LogP contribution is -2.35.